The molecule has 202 valence electrons. The number of likely N-dealkylation sites (tertiary alicyclic amines) is 1. The van der Waals surface area contributed by atoms with Crippen molar-refractivity contribution in [2.45, 2.75) is 70.9 Å². The van der Waals surface area contributed by atoms with E-state index in [1.165, 1.54) is 4.57 Å². The van der Waals surface area contributed by atoms with Gasteiger partial charge in [0.2, 0.25) is 11.8 Å². The molecule has 3 amide bonds. The molecule has 2 aliphatic rings. The van der Waals surface area contributed by atoms with E-state index in [0.29, 0.717) is 44.2 Å². The van der Waals surface area contributed by atoms with E-state index in [1.807, 2.05) is 39.0 Å². The van der Waals surface area contributed by atoms with E-state index in [0.717, 1.165) is 36.8 Å². The molecular weight excluding hydrogens is 476 g/mol. The number of rotatable bonds is 7. The Morgan fingerprint density at radius 1 is 1.08 bits per heavy atom. The maximum atomic E-state index is 12.9. The van der Waals surface area contributed by atoms with Gasteiger partial charge in [0.05, 0.1) is 11.0 Å². The largest absolute Gasteiger partial charge is 0.444 e. The van der Waals surface area contributed by atoms with E-state index in [-0.39, 0.29) is 24.1 Å². The van der Waals surface area contributed by atoms with Gasteiger partial charge < -0.3 is 14.4 Å². The van der Waals surface area contributed by atoms with Gasteiger partial charge in [-0.15, -0.1) is 0 Å². The molecule has 0 aliphatic carbocycles. The minimum Gasteiger partial charge on any atom is -0.444 e. The lowest BCUT2D eigenvalue weighted by molar-refractivity contribution is -0.135. The van der Waals surface area contributed by atoms with Gasteiger partial charge in [0.25, 0.3) is 0 Å². The van der Waals surface area contributed by atoms with Crippen LogP contribution in [0.1, 0.15) is 64.5 Å². The summed E-state index contributed by atoms with van der Waals surface area (Å²) in [5, 5.41) is 2.34. The quantitative estimate of drug-likeness (QED) is 0.449. The molecule has 0 spiro atoms. The van der Waals surface area contributed by atoms with Crippen LogP contribution in [0.15, 0.2) is 23.0 Å². The van der Waals surface area contributed by atoms with Gasteiger partial charge in [-0.3, -0.25) is 24.0 Å². The SMILES string of the molecule is Cn1c(=O)n(C2CCC(=O)NC2=O)c2ccc(CCCOCC3CCN(C(=O)OC(C)(C)C)CC3)cc21. The fourth-order valence-corrected chi connectivity index (χ4v) is 5.03. The Labute approximate surface area is 216 Å². The third-order valence-electron chi connectivity index (χ3n) is 7.05. The van der Waals surface area contributed by atoms with Crippen LogP contribution in [0.5, 0.6) is 0 Å². The van der Waals surface area contributed by atoms with Crippen molar-refractivity contribution in [1.82, 2.24) is 19.4 Å². The van der Waals surface area contributed by atoms with Crippen molar-refractivity contribution < 1.29 is 23.9 Å². The molecule has 2 saturated heterocycles. The predicted molar refractivity (Wildman–Crippen MR) is 138 cm³/mol. The number of carbonyl (C=O) groups is 3. The monoisotopic (exact) mass is 514 g/mol. The maximum Gasteiger partial charge on any atom is 0.410 e. The van der Waals surface area contributed by atoms with Gasteiger partial charge >= 0.3 is 11.8 Å². The third kappa shape index (κ3) is 6.41. The fraction of sp³-hybridized carbons (Fsp3) is 0.630. The standard InChI is InChI=1S/C27H38N4O6/c1-27(2,3)37-26(35)30-13-11-19(12-14-30)17-36-15-5-6-18-7-8-20-22(16-18)29(4)25(34)31(20)21-9-10-23(32)28-24(21)33/h7-8,16,19,21H,5-6,9-15,17H2,1-4H3,(H,28,32,33). The molecule has 1 N–H and O–H groups in total. The molecule has 10 heteroatoms. The number of aromatic nitrogens is 2. The number of imide groups is 1. The highest BCUT2D eigenvalue weighted by molar-refractivity contribution is 6.00. The van der Waals surface area contributed by atoms with Crippen molar-refractivity contribution >= 4 is 28.9 Å². The van der Waals surface area contributed by atoms with Crippen LogP contribution < -0.4 is 11.0 Å². The molecule has 1 unspecified atom stereocenters. The van der Waals surface area contributed by atoms with Gasteiger partial charge in [0.15, 0.2) is 0 Å². The molecular formula is C27H38N4O6. The second kappa shape index (κ2) is 11.1. The molecule has 1 atom stereocenters. The lowest BCUT2D eigenvalue weighted by atomic mass is 9.98. The Hall–Kier alpha value is -3.14. The lowest BCUT2D eigenvalue weighted by Crippen LogP contribution is -2.44. The molecule has 37 heavy (non-hydrogen) atoms. The molecule has 2 aromatic rings. The molecule has 0 bridgehead atoms. The molecule has 0 saturated carbocycles. The van der Waals surface area contributed by atoms with E-state index in [1.54, 1.807) is 16.5 Å². The fourth-order valence-electron chi connectivity index (χ4n) is 5.03. The van der Waals surface area contributed by atoms with Crippen molar-refractivity contribution in [3.8, 4) is 0 Å². The van der Waals surface area contributed by atoms with E-state index in [4.69, 9.17) is 9.47 Å². The summed E-state index contributed by atoms with van der Waals surface area (Å²) in [5.41, 5.74) is 1.82. The highest BCUT2D eigenvalue weighted by atomic mass is 16.6. The number of fused-ring (bicyclic) bond motifs is 1. The Kier molecular flexibility index (Phi) is 8.06. The first-order valence-electron chi connectivity index (χ1n) is 13.1. The zero-order valence-corrected chi connectivity index (χ0v) is 22.2. The summed E-state index contributed by atoms with van der Waals surface area (Å²) in [6.45, 7) is 8.35. The van der Waals surface area contributed by atoms with E-state index >= 15 is 0 Å². The minimum atomic E-state index is -0.677. The van der Waals surface area contributed by atoms with E-state index in [2.05, 4.69) is 5.32 Å². The molecule has 1 aromatic carbocycles. The number of aryl methyl sites for hydroxylation is 2. The normalized spacial score (nSPS) is 19.4. The summed E-state index contributed by atoms with van der Waals surface area (Å²) >= 11 is 0. The van der Waals surface area contributed by atoms with Crippen LogP contribution in [-0.2, 0) is 32.5 Å². The summed E-state index contributed by atoms with van der Waals surface area (Å²) in [7, 11) is 1.70. The van der Waals surface area contributed by atoms with Gasteiger partial charge in [-0.25, -0.2) is 9.59 Å². The molecule has 3 heterocycles. The number of hydrogen-bond donors (Lipinski definition) is 1. The van der Waals surface area contributed by atoms with Crippen molar-refractivity contribution in [2.75, 3.05) is 26.3 Å². The average molecular weight is 515 g/mol. The zero-order chi connectivity index (χ0) is 26.7. The number of piperidine rings is 2. The molecule has 10 nitrogen and oxygen atoms in total. The first-order chi connectivity index (χ1) is 17.5. The second-order valence-electron chi connectivity index (χ2n) is 11.1. The Morgan fingerprint density at radius 3 is 2.49 bits per heavy atom. The molecule has 2 fully saturated rings. The van der Waals surface area contributed by atoms with E-state index < -0.39 is 17.6 Å². The smallest absolute Gasteiger partial charge is 0.410 e. The Bertz CT molecular complexity index is 1220. The number of nitrogens with zero attached hydrogens (tertiary/aromatic N) is 3. The second-order valence-corrected chi connectivity index (χ2v) is 11.1. The summed E-state index contributed by atoms with van der Waals surface area (Å²) in [6.07, 6.45) is 3.79. The van der Waals surface area contributed by atoms with Crippen molar-refractivity contribution in [3.05, 3.63) is 34.2 Å². The molecule has 1 aromatic heterocycles. The highest BCUT2D eigenvalue weighted by Gasteiger charge is 2.31. The number of hydrogen-bond acceptors (Lipinski definition) is 6. The van der Waals surface area contributed by atoms with Crippen LogP contribution >= 0.6 is 0 Å². The van der Waals surface area contributed by atoms with Crippen LogP contribution in [0.4, 0.5) is 4.79 Å². The zero-order valence-electron chi connectivity index (χ0n) is 22.2. The van der Waals surface area contributed by atoms with Crippen LogP contribution in [0.2, 0.25) is 0 Å². The van der Waals surface area contributed by atoms with Crippen molar-refractivity contribution in [1.29, 1.82) is 0 Å². The summed E-state index contributed by atoms with van der Waals surface area (Å²) < 4.78 is 14.5. The lowest BCUT2D eigenvalue weighted by Gasteiger charge is -2.33. The van der Waals surface area contributed by atoms with E-state index in [9.17, 15) is 19.2 Å². The number of ether oxygens (including phenoxy) is 2. The topological polar surface area (TPSA) is 112 Å². The number of nitrogens with one attached hydrogen (secondary N) is 1. The first kappa shape index (κ1) is 26.9. The number of imidazole rings is 1. The average Bonchev–Trinajstić information content (AvgIpc) is 3.08. The first-order valence-corrected chi connectivity index (χ1v) is 13.1. The van der Waals surface area contributed by atoms with Gasteiger partial charge in [0.1, 0.15) is 11.6 Å². The van der Waals surface area contributed by atoms with Crippen LogP contribution in [0.3, 0.4) is 0 Å². The number of amides is 3. The Morgan fingerprint density at radius 2 is 1.81 bits per heavy atom. The maximum absolute atomic E-state index is 12.9. The summed E-state index contributed by atoms with van der Waals surface area (Å²) in [4.78, 5) is 50.8. The van der Waals surface area contributed by atoms with Crippen LogP contribution in [-0.4, -0.2) is 63.8 Å². The molecule has 0 radical (unpaired) electrons. The predicted octanol–water partition coefficient (Wildman–Crippen LogP) is 2.91. The van der Waals surface area contributed by atoms with Crippen LogP contribution in [0, 0.1) is 5.92 Å². The number of carbonyl (C=O) groups excluding carboxylic acids is 3. The minimum absolute atomic E-state index is 0.222. The van der Waals surface area contributed by atoms with Gasteiger partial charge in [-0.05, 0) is 76.5 Å². The third-order valence-corrected chi connectivity index (χ3v) is 7.05. The van der Waals surface area contributed by atoms with Gasteiger partial charge in [-0.2, -0.15) is 0 Å². The number of benzene rings is 1. The summed E-state index contributed by atoms with van der Waals surface area (Å²) in [6, 6.07) is 5.18. The van der Waals surface area contributed by atoms with Crippen LogP contribution in [0.25, 0.3) is 11.0 Å². The summed E-state index contributed by atoms with van der Waals surface area (Å²) in [5.74, 6) is -0.288. The van der Waals surface area contributed by atoms with Gasteiger partial charge in [0, 0.05) is 39.8 Å². The Balaban J connectivity index is 1.25. The van der Waals surface area contributed by atoms with Crippen molar-refractivity contribution in [2.24, 2.45) is 13.0 Å². The molecule has 2 aliphatic heterocycles. The van der Waals surface area contributed by atoms with Crippen molar-refractivity contribution in [3.63, 3.8) is 0 Å². The highest BCUT2D eigenvalue weighted by Crippen LogP contribution is 2.24. The van der Waals surface area contributed by atoms with Gasteiger partial charge in [-0.1, -0.05) is 6.07 Å². The molecule has 4 rings (SSSR count).